The maximum Gasteiger partial charge on any atom is 0.0754 e. The molecule has 0 unspecified atom stereocenters. The highest BCUT2D eigenvalue weighted by atomic mass is 15.3. The van der Waals surface area contributed by atoms with Crippen LogP contribution in [0.4, 0.5) is 0 Å². The molecule has 30 heavy (non-hydrogen) atoms. The van der Waals surface area contributed by atoms with Crippen LogP contribution in [-0.2, 0) is 13.1 Å². The molecule has 4 aromatic rings. The number of piperazine rings is 1. The molecule has 2 heterocycles. The van der Waals surface area contributed by atoms with Crippen LogP contribution >= 0.6 is 0 Å². The smallest absolute Gasteiger partial charge is 0.0754 e. The first-order chi connectivity index (χ1) is 14.8. The van der Waals surface area contributed by atoms with Crippen LogP contribution in [0, 0.1) is 0 Å². The molecular weight excluding hydrogens is 366 g/mol. The van der Waals surface area contributed by atoms with E-state index in [9.17, 15) is 0 Å². The Balaban J connectivity index is 1.34. The fourth-order valence-corrected chi connectivity index (χ4v) is 4.31. The monoisotopic (exact) mass is 393 g/mol. The number of pyridine rings is 1. The Morgan fingerprint density at radius 2 is 1.23 bits per heavy atom. The number of aromatic nitrogens is 1. The molecular formula is C27H27N3. The van der Waals surface area contributed by atoms with Crippen molar-refractivity contribution in [3.05, 3.63) is 102 Å². The predicted octanol–water partition coefficient (Wildman–Crippen LogP) is 5.22. The summed E-state index contributed by atoms with van der Waals surface area (Å²) in [6.45, 7) is 6.39. The Morgan fingerprint density at radius 3 is 1.97 bits per heavy atom. The van der Waals surface area contributed by atoms with Crippen molar-refractivity contribution in [3.8, 4) is 11.3 Å². The third-order valence-electron chi connectivity index (χ3n) is 5.96. The van der Waals surface area contributed by atoms with Gasteiger partial charge in [-0.25, -0.2) is 4.98 Å². The number of rotatable bonds is 5. The Labute approximate surface area is 178 Å². The molecule has 3 heteroatoms. The van der Waals surface area contributed by atoms with Crippen LogP contribution in [-0.4, -0.2) is 41.0 Å². The zero-order chi connectivity index (χ0) is 20.2. The summed E-state index contributed by atoms with van der Waals surface area (Å²) in [5.74, 6) is 0. The molecule has 0 N–H and O–H groups in total. The third-order valence-corrected chi connectivity index (χ3v) is 5.96. The average Bonchev–Trinajstić information content (AvgIpc) is 2.81. The molecule has 3 nitrogen and oxygen atoms in total. The molecule has 0 amide bonds. The van der Waals surface area contributed by atoms with Gasteiger partial charge < -0.3 is 0 Å². The SMILES string of the molecule is c1ccc(CN2CCN(Cc3cc4ccccc4nc3-c3ccccc3)CC2)cc1. The van der Waals surface area contributed by atoms with E-state index in [4.69, 9.17) is 4.98 Å². The van der Waals surface area contributed by atoms with Gasteiger partial charge in [-0.1, -0.05) is 78.9 Å². The van der Waals surface area contributed by atoms with Gasteiger partial charge in [-0.05, 0) is 23.3 Å². The number of hydrogen-bond acceptors (Lipinski definition) is 3. The van der Waals surface area contributed by atoms with Crippen LogP contribution < -0.4 is 0 Å². The first-order valence-corrected chi connectivity index (χ1v) is 10.8. The molecule has 0 bridgehead atoms. The molecule has 150 valence electrons. The topological polar surface area (TPSA) is 19.4 Å². The van der Waals surface area contributed by atoms with Gasteiger partial charge in [-0.2, -0.15) is 0 Å². The normalized spacial score (nSPS) is 15.5. The lowest BCUT2D eigenvalue weighted by molar-refractivity contribution is 0.122. The number of nitrogens with zero attached hydrogens (tertiary/aromatic N) is 3. The highest BCUT2D eigenvalue weighted by molar-refractivity contribution is 5.83. The third kappa shape index (κ3) is 4.28. The fraction of sp³-hybridized carbons (Fsp3) is 0.222. The van der Waals surface area contributed by atoms with Crippen LogP contribution in [0.1, 0.15) is 11.1 Å². The van der Waals surface area contributed by atoms with Gasteiger partial charge in [0.1, 0.15) is 0 Å². The minimum atomic E-state index is 0.946. The molecule has 3 aromatic carbocycles. The molecule has 1 aliphatic rings. The van der Waals surface area contributed by atoms with Crippen LogP contribution in [0.5, 0.6) is 0 Å². The van der Waals surface area contributed by atoms with E-state index in [1.54, 1.807) is 0 Å². The molecule has 0 radical (unpaired) electrons. The van der Waals surface area contributed by atoms with E-state index in [0.29, 0.717) is 0 Å². The summed E-state index contributed by atoms with van der Waals surface area (Å²) in [6.07, 6.45) is 0. The van der Waals surface area contributed by atoms with E-state index in [2.05, 4.69) is 101 Å². The fourth-order valence-electron chi connectivity index (χ4n) is 4.31. The number of hydrogen-bond donors (Lipinski definition) is 0. The Kier molecular flexibility index (Phi) is 5.56. The molecule has 1 saturated heterocycles. The van der Waals surface area contributed by atoms with Gasteiger partial charge in [0.25, 0.3) is 0 Å². The Bertz CT molecular complexity index is 1100. The van der Waals surface area contributed by atoms with E-state index >= 15 is 0 Å². The Morgan fingerprint density at radius 1 is 0.633 bits per heavy atom. The van der Waals surface area contributed by atoms with Gasteiger partial charge in [0, 0.05) is 50.2 Å². The second-order valence-electron chi connectivity index (χ2n) is 8.09. The molecule has 0 aliphatic carbocycles. The van der Waals surface area contributed by atoms with Gasteiger partial charge in [0.2, 0.25) is 0 Å². The number of benzene rings is 3. The highest BCUT2D eigenvalue weighted by Gasteiger charge is 2.19. The standard InChI is InChI=1S/C27H27N3/c1-3-9-22(10-4-1)20-29-15-17-30(18-16-29)21-25-19-24-13-7-8-14-26(24)28-27(25)23-11-5-2-6-12-23/h1-14,19H,15-18,20-21H2. The van der Waals surface area contributed by atoms with Crippen molar-refractivity contribution in [2.45, 2.75) is 13.1 Å². The molecule has 1 aromatic heterocycles. The van der Waals surface area contributed by atoms with Crippen LogP contribution in [0.2, 0.25) is 0 Å². The van der Waals surface area contributed by atoms with E-state index in [-0.39, 0.29) is 0 Å². The van der Waals surface area contributed by atoms with Crippen molar-refractivity contribution in [1.29, 1.82) is 0 Å². The second-order valence-corrected chi connectivity index (χ2v) is 8.09. The summed E-state index contributed by atoms with van der Waals surface area (Å²) in [6, 6.07) is 32.1. The van der Waals surface area contributed by atoms with Crippen LogP contribution in [0.15, 0.2) is 91.0 Å². The lowest BCUT2D eigenvalue weighted by Gasteiger charge is -2.35. The lowest BCUT2D eigenvalue weighted by Crippen LogP contribution is -2.45. The van der Waals surface area contributed by atoms with E-state index in [1.807, 2.05) is 0 Å². The number of para-hydroxylation sites is 1. The van der Waals surface area contributed by atoms with Gasteiger partial charge in [0.15, 0.2) is 0 Å². The Hall–Kier alpha value is -3.01. The maximum atomic E-state index is 5.04. The summed E-state index contributed by atoms with van der Waals surface area (Å²) in [5, 5.41) is 1.22. The van der Waals surface area contributed by atoms with Gasteiger partial charge >= 0.3 is 0 Å². The van der Waals surface area contributed by atoms with E-state index in [0.717, 1.165) is 50.5 Å². The van der Waals surface area contributed by atoms with Crippen LogP contribution in [0.25, 0.3) is 22.2 Å². The zero-order valence-electron chi connectivity index (χ0n) is 17.2. The average molecular weight is 394 g/mol. The van der Waals surface area contributed by atoms with Crippen molar-refractivity contribution in [3.63, 3.8) is 0 Å². The van der Waals surface area contributed by atoms with Gasteiger partial charge in [-0.3, -0.25) is 9.80 Å². The second kappa shape index (κ2) is 8.78. The molecule has 0 spiro atoms. The summed E-state index contributed by atoms with van der Waals surface area (Å²) in [4.78, 5) is 10.2. The molecule has 1 fully saturated rings. The molecule has 1 aliphatic heterocycles. The van der Waals surface area contributed by atoms with Crippen LogP contribution in [0.3, 0.4) is 0 Å². The van der Waals surface area contributed by atoms with E-state index in [1.165, 1.54) is 22.1 Å². The summed E-state index contributed by atoms with van der Waals surface area (Å²) in [7, 11) is 0. The minimum Gasteiger partial charge on any atom is -0.297 e. The maximum absolute atomic E-state index is 5.04. The largest absolute Gasteiger partial charge is 0.297 e. The predicted molar refractivity (Wildman–Crippen MR) is 124 cm³/mol. The van der Waals surface area contributed by atoms with Crippen molar-refractivity contribution in [2.24, 2.45) is 0 Å². The summed E-state index contributed by atoms with van der Waals surface area (Å²) < 4.78 is 0. The highest BCUT2D eigenvalue weighted by Crippen LogP contribution is 2.27. The molecule has 0 saturated carbocycles. The van der Waals surface area contributed by atoms with Crippen molar-refractivity contribution in [1.82, 2.24) is 14.8 Å². The van der Waals surface area contributed by atoms with E-state index < -0.39 is 0 Å². The van der Waals surface area contributed by atoms with Gasteiger partial charge in [0.05, 0.1) is 11.2 Å². The lowest BCUT2D eigenvalue weighted by atomic mass is 10.0. The summed E-state index contributed by atoms with van der Waals surface area (Å²) >= 11 is 0. The quantitative estimate of drug-likeness (QED) is 0.463. The van der Waals surface area contributed by atoms with Crippen molar-refractivity contribution < 1.29 is 0 Å². The zero-order valence-corrected chi connectivity index (χ0v) is 17.2. The van der Waals surface area contributed by atoms with Crippen molar-refractivity contribution >= 4 is 10.9 Å². The summed E-state index contributed by atoms with van der Waals surface area (Å²) in [5.41, 5.74) is 6.09. The number of fused-ring (bicyclic) bond motifs is 1. The minimum absolute atomic E-state index is 0.946. The van der Waals surface area contributed by atoms with Crippen molar-refractivity contribution in [2.75, 3.05) is 26.2 Å². The van der Waals surface area contributed by atoms with Gasteiger partial charge in [-0.15, -0.1) is 0 Å². The molecule has 0 atom stereocenters. The first kappa shape index (κ1) is 19.0. The first-order valence-electron chi connectivity index (χ1n) is 10.8. The molecule has 5 rings (SSSR count).